The van der Waals surface area contributed by atoms with Gasteiger partial charge in [-0.1, -0.05) is 39.2 Å². The highest BCUT2D eigenvalue weighted by Gasteiger charge is 2.45. The van der Waals surface area contributed by atoms with E-state index in [4.69, 9.17) is 19.2 Å². The molecule has 3 atom stereocenters. The summed E-state index contributed by atoms with van der Waals surface area (Å²) in [5.74, 6) is -0.488. The molecule has 2 aromatic rings. The fourth-order valence-corrected chi connectivity index (χ4v) is 7.64. The molecule has 1 aliphatic heterocycles. The average Bonchev–Trinajstić information content (AvgIpc) is 3.47. The molecule has 2 heterocycles. The third-order valence-electron chi connectivity index (χ3n) is 9.58. The third-order valence-corrected chi connectivity index (χ3v) is 10.2. The fourth-order valence-electron chi connectivity index (χ4n) is 7.14. The van der Waals surface area contributed by atoms with Crippen molar-refractivity contribution in [2.45, 2.75) is 103 Å². The molecule has 46 heavy (non-hydrogen) atoms. The highest BCUT2D eigenvalue weighted by atomic mass is 79.9. The quantitative estimate of drug-likeness (QED) is 0.252. The van der Waals surface area contributed by atoms with Crippen LogP contribution in [0, 0.1) is 11.3 Å². The van der Waals surface area contributed by atoms with E-state index >= 15 is 0 Å². The minimum atomic E-state index is -1.11. The number of aryl methyl sites for hydroxylation is 2. The predicted octanol–water partition coefficient (Wildman–Crippen LogP) is 6.60. The number of amides is 2. The van der Waals surface area contributed by atoms with Crippen LogP contribution in [0.15, 0.2) is 29.3 Å². The van der Waals surface area contributed by atoms with Crippen LogP contribution >= 0.6 is 15.9 Å². The fraction of sp³-hybridized carbons (Fsp3) is 0.600. The number of alkyl carbamates (subject to hydrolysis) is 1. The van der Waals surface area contributed by atoms with Gasteiger partial charge in [0.05, 0.1) is 24.7 Å². The van der Waals surface area contributed by atoms with Gasteiger partial charge in [0, 0.05) is 22.9 Å². The number of carbonyl (C=O) groups is 3. The Morgan fingerprint density at radius 3 is 2.59 bits per heavy atom. The van der Waals surface area contributed by atoms with Crippen molar-refractivity contribution in [2.24, 2.45) is 11.3 Å². The molecule has 3 aliphatic rings. The van der Waals surface area contributed by atoms with Gasteiger partial charge in [-0.15, -0.1) is 6.58 Å². The Labute approximate surface area is 279 Å². The summed E-state index contributed by atoms with van der Waals surface area (Å²) < 4.78 is 18.4. The number of hydrogen-bond acceptors (Lipinski definition) is 7. The van der Waals surface area contributed by atoms with Crippen molar-refractivity contribution >= 4 is 44.7 Å². The number of benzene rings is 1. The van der Waals surface area contributed by atoms with Crippen molar-refractivity contribution in [3.05, 3.63) is 40.5 Å². The van der Waals surface area contributed by atoms with E-state index in [1.165, 1.54) is 10.5 Å². The number of hydrogen-bond donors (Lipinski definition) is 2. The lowest BCUT2D eigenvalue weighted by atomic mass is 9.83. The molecule has 2 amide bonds. The van der Waals surface area contributed by atoms with Gasteiger partial charge in [-0.3, -0.25) is 4.79 Å². The number of nitrogens with zero attached hydrogens (tertiary/aromatic N) is 2. The second-order valence-electron chi connectivity index (χ2n) is 13.7. The topological polar surface area (TPSA) is 127 Å². The number of ether oxygens (including phenoxy) is 3. The summed E-state index contributed by atoms with van der Waals surface area (Å²) in [6.45, 7) is 7.96. The normalized spacial score (nSPS) is 20.9. The summed E-state index contributed by atoms with van der Waals surface area (Å²) in [6, 6.07) is 1.95. The van der Waals surface area contributed by atoms with Gasteiger partial charge in [0.2, 0.25) is 11.8 Å². The Morgan fingerprint density at radius 2 is 1.89 bits per heavy atom. The number of allylic oxidation sites excluding steroid dienone is 1. The molecular formula is C35H46BrN3O7. The van der Waals surface area contributed by atoms with E-state index in [0.29, 0.717) is 18.1 Å². The molecule has 1 aromatic carbocycles. The maximum absolute atomic E-state index is 14.2. The van der Waals surface area contributed by atoms with Crippen LogP contribution in [-0.4, -0.2) is 71.4 Å². The Balaban J connectivity index is 1.39. The number of pyridine rings is 1. The SMILES string of the molecule is C=CCC(C)(C)COC(=O)N[C@H](C(=O)N1C[C@H](Oc2nc3c(c4cc(OC)c(Br)cc24)CCCC3)C[C@H]1C(=O)O)C1CCCCC1. The van der Waals surface area contributed by atoms with Crippen LogP contribution in [-0.2, 0) is 27.2 Å². The van der Waals surface area contributed by atoms with E-state index in [0.717, 1.165) is 78.7 Å². The van der Waals surface area contributed by atoms with E-state index in [9.17, 15) is 19.5 Å². The molecular weight excluding hydrogens is 654 g/mol. The lowest BCUT2D eigenvalue weighted by Gasteiger charge is -2.34. The van der Waals surface area contributed by atoms with E-state index in [-0.39, 0.29) is 30.9 Å². The third kappa shape index (κ3) is 7.61. The van der Waals surface area contributed by atoms with E-state index in [1.807, 2.05) is 26.0 Å². The van der Waals surface area contributed by atoms with Gasteiger partial charge >= 0.3 is 12.1 Å². The van der Waals surface area contributed by atoms with Gasteiger partial charge in [0.1, 0.15) is 23.9 Å². The number of rotatable bonds is 11. The second kappa shape index (κ2) is 14.6. The number of methoxy groups -OCH3 is 1. The van der Waals surface area contributed by atoms with Crippen LogP contribution in [0.3, 0.4) is 0 Å². The maximum Gasteiger partial charge on any atom is 0.407 e. The van der Waals surface area contributed by atoms with Gasteiger partial charge in [-0.25, -0.2) is 14.6 Å². The number of likely N-dealkylation sites (tertiary alicyclic amines) is 1. The summed E-state index contributed by atoms with van der Waals surface area (Å²) >= 11 is 3.59. The summed E-state index contributed by atoms with van der Waals surface area (Å²) in [5.41, 5.74) is 1.87. The average molecular weight is 701 g/mol. The lowest BCUT2D eigenvalue weighted by molar-refractivity contribution is -0.149. The number of nitrogens with one attached hydrogen (secondary N) is 1. The minimum absolute atomic E-state index is 0.0691. The zero-order valence-electron chi connectivity index (χ0n) is 27.1. The first-order chi connectivity index (χ1) is 22.0. The first kappa shape index (κ1) is 34.0. The summed E-state index contributed by atoms with van der Waals surface area (Å²) in [5, 5.41) is 14.9. The van der Waals surface area contributed by atoms with Crippen LogP contribution in [0.5, 0.6) is 11.6 Å². The highest BCUT2D eigenvalue weighted by Crippen LogP contribution is 2.40. The van der Waals surface area contributed by atoms with Crippen LogP contribution in [0.1, 0.15) is 82.9 Å². The molecule has 2 fully saturated rings. The van der Waals surface area contributed by atoms with Gasteiger partial charge in [0.15, 0.2) is 0 Å². The Kier molecular flexibility index (Phi) is 10.8. The molecule has 2 aliphatic carbocycles. The number of carbonyl (C=O) groups excluding carboxylic acids is 2. The van der Waals surface area contributed by atoms with Crippen LogP contribution in [0.25, 0.3) is 10.8 Å². The number of carboxylic acids is 1. The molecule has 0 bridgehead atoms. The zero-order chi connectivity index (χ0) is 33.0. The highest BCUT2D eigenvalue weighted by molar-refractivity contribution is 9.10. The lowest BCUT2D eigenvalue weighted by Crippen LogP contribution is -2.55. The number of aromatic nitrogens is 1. The maximum atomic E-state index is 14.2. The van der Waals surface area contributed by atoms with Crippen molar-refractivity contribution in [3.8, 4) is 11.6 Å². The van der Waals surface area contributed by atoms with Crippen molar-refractivity contribution in [1.29, 1.82) is 0 Å². The number of carboxylic acid groups (broad SMARTS) is 1. The monoisotopic (exact) mass is 699 g/mol. The molecule has 0 radical (unpaired) electrons. The Bertz CT molecular complexity index is 1470. The number of aliphatic carboxylic acids is 1. The van der Waals surface area contributed by atoms with Crippen molar-refractivity contribution in [1.82, 2.24) is 15.2 Å². The van der Waals surface area contributed by atoms with E-state index in [1.54, 1.807) is 13.2 Å². The van der Waals surface area contributed by atoms with Crippen LogP contribution in [0.4, 0.5) is 4.79 Å². The summed E-state index contributed by atoms with van der Waals surface area (Å²) in [6.07, 6.45) is 9.66. The van der Waals surface area contributed by atoms with Gasteiger partial charge in [-0.2, -0.15) is 0 Å². The summed E-state index contributed by atoms with van der Waals surface area (Å²) in [4.78, 5) is 46.0. The molecule has 2 N–H and O–H groups in total. The standard InChI is InChI=1S/C35H46BrN3O7/c1-5-15-35(2,3)20-45-34(43)38-30(21-11-7-6-8-12-21)32(40)39-19-22(16-28(39)33(41)42)46-31-25-17-26(36)29(44-4)18-24(25)23-13-9-10-14-27(23)37-31/h5,17-18,21-22,28,30H,1,6-16,19-20H2,2-4H3,(H,38,43)(H,41,42)/t22-,28+,30+/m1/s1. The smallest absolute Gasteiger partial charge is 0.407 e. The van der Waals surface area contributed by atoms with E-state index in [2.05, 4.69) is 27.8 Å². The molecule has 1 saturated heterocycles. The molecule has 10 nitrogen and oxygen atoms in total. The van der Waals surface area contributed by atoms with Crippen LogP contribution < -0.4 is 14.8 Å². The molecule has 1 saturated carbocycles. The number of fused-ring (bicyclic) bond motifs is 3. The van der Waals surface area contributed by atoms with Gasteiger partial charge in [0.25, 0.3) is 0 Å². The molecule has 0 unspecified atom stereocenters. The second-order valence-corrected chi connectivity index (χ2v) is 14.5. The minimum Gasteiger partial charge on any atom is -0.496 e. The van der Waals surface area contributed by atoms with Crippen molar-refractivity contribution in [2.75, 3.05) is 20.3 Å². The van der Waals surface area contributed by atoms with Gasteiger partial charge < -0.3 is 29.5 Å². The number of halogens is 1. The molecule has 5 rings (SSSR count). The molecule has 1 aromatic heterocycles. The molecule has 250 valence electrons. The predicted molar refractivity (Wildman–Crippen MR) is 178 cm³/mol. The van der Waals surface area contributed by atoms with Crippen molar-refractivity contribution in [3.63, 3.8) is 0 Å². The summed E-state index contributed by atoms with van der Waals surface area (Å²) in [7, 11) is 1.63. The molecule has 11 heteroatoms. The zero-order valence-corrected chi connectivity index (χ0v) is 28.7. The molecule has 0 spiro atoms. The van der Waals surface area contributed by atoms with Gasteiger partial charge in [-0.05, 0) is 89.9 Å². The first-order valence-electron chi connectivity index (χ1n) is 16.4. The Morgan fingerprint density at radius 1 is 1.15 bits per heavy atom. The van der Waals surface area contributed by atoms with E-state index < -0.39 is 36.2 Å². The Hall–Kier alpha value is -3.34. The largest absolute Gasteiger partial charge is 0.496 e. The van der Waals surface area contributed by atoms with Crippen molar-refractivity contribution < 1.29 is 33.7 Å². The van der Waals surface area contributed by atoms with Crippen LogP contribution in [0.2, 0.25) is 0 Å². The first-order valence-corrected chi connectivity index (χ1v) is 17.2.